The molecule has 3 nitrogen and oxygen atoms in total. The van der Waals surface area contributed by atoms with Gasteiger partial charge in [0.1, 0.15) is 0 Å². The Kier molecular flexibility index (Phi) is 3.07. The van der Waals surface area contributed by atoms with Crippen molar-refractivity contribution >= 4 is 44.7 Å². The maximum atomic E-state index is 9.21. The average Bonchev–Trinajstić information content (AvgIpc) is 3.08. The number of rotatable bonds is 2. The standard InChI is InChI=1S/C17H11N3S2/c18-9-10-5-12(16-14(6-10)19-17(21)20-16)8-13-7-11-3-1-2-4-15(11)22-13/h1-7H,8H2,(H2,19,20,21). The molecule has 0 spiro atoms. The van der Waals surface area contributed by atoms with Gasteiger partial charge in [0.05, 0.1) is 22.7 Å². The molecule has 2 N–H and O–H groups in total. The summed E-state index contributed by atoms with van der Waals surface area (Å²) in [5, 5.41) is 10.5. The lowest BCUT2D eigenvalue weighted by Gasteiger charge is -2.02. The Bertz CT molecular complexity index is 1060. The number of hydrogen-bond donors (Lipinski definition) is 2. The molecular weight excluding hydrogens is 310 g/mol. The van der Waals surface area contributed by atoms with Gasteiger partial charge in [0.2, 0.25) is 0 Å². The van der Waals surface area contributed by atoms with Gasteiger partial charge in [-0.05, 0) is 47.4 Å². The molecule has 5 heteroatoms. The Balaban J connectivity index is 1.86. The summed E-state index contributed by atoms with van der Waals surface area (Å²) in [6.07, 6.45) is 0.786. The van der Waals surface area contributed by atoms with Crippen molar-refractivity contribution in [2.24, 2.45) is 0 Å². The molecule has 2 aromatic carbocycles. The van der Waals surface area contributed by atoms with E-state index < -0.39 is 0 Å². The van der Waals surface area contributed by atoms with E-state index in [1.165, 1.54) is 15.0 Å². The Morgan fingerprint density at radius 3 is 2.82 bits per heavy atom. The van der Waals surface area contributed by atoms with Gasteiger partial charge in [-0.25, -0.2) is 0 Å². The van der Waals surface area contributed by atoms with Crippen molar-refractivity contribution in [2.75, 3.05) is 0 Å². The third-order valence-electron chi connectivity index (χ3n) is 3.68. The van der Waals surface area contributed by atoms with E-state index in [1.54, 1.807) is 11.3 Å². The molecule has 2 aromatic heterocycles. The number of aromatic amines is 2. The number of fused-ring (bicyclic) bond motifs is 2. The molecule has 4 rings (SSSR count). The first-order valence-corrected chi connectivity index (χ1v) is 8.08. The fraction of sp³-hybridized carbons (Fsp3) is 0.0588. The molecule has 0 aliphatic heterocycles. The van der Waals surface area contributed by atoms with Crippen LogP contribution in [0.2, 0.25) is 0 Å². The summed E-state index contributed by atoms with van der Waals surface area (Å²) in [7, 11) is 0. The number of benzene rings is 2. The number of H-pyrrole nitrogens is 2. The van der Waals surface area contributed by atoms with Crippen LogP contribution in [0.1, 0.15) is 16.0 Å². The monoisotopic (exact) mass is 321 g/mol. The minimum atomic E-state index is 0.586. The highest BCUT2D eigenvalue weighted by Crippen LogP contribution is 2.29. The quantitative estimate of drug-likeness (QED) is 0.516. The normalized spacial score (nSPS) is 11.0. The van der Waals surface area contributed by atoms with E-state index in [9.17, 15) is 5.26 Å². The molecule has 106 valence electrons. The molecule has 0 fully saturated rings. The van der Waals surface area contributed by atoms with E-state index in [0.717, 1.165) is 23.0 Å². The summed E-state index contributed by atoms with van der Waals surface area (Å²) in [6, 6.07) is 16.6. The number of hydrogen-bond acceptors (Lipinski definition) is 3. The van der Waals surface area contributed by atoms with Crippen molar-refractivity contribution in [2.45, 2.75) is 6.42 Å². The minimum absolute atomic E-state index is 0.586. The Morgan fingerprint density at radius 2 is 2.00 bits per heavy atom. The Hall–Kier alpha value is -2.42. The topological polar surface area (TPSA) is 55.4 Å². The van der Waals surface area contributed by atoms with Crippen molar-refractivity contribution in [3.8, 4) is 6.07 Å². The molecular formula is C17H11N3S2. The van der Waals surface area contributed by atoms with Crippen LogP contribution >= 0.6 is 23.6 Å². The van der Waals surface area contributed by atoms with Crippen LogP contribution in [-0.4, -0.2) is 9.97 Å². The SMILES string of the molecule is N#Cc1cc(Cc2cc3ccccc3s2)c2[nH]c(=S)[nH]c2c1. The van der Waals surface area contributed by atoms with Crippen LogP contribution in [0.4, 0.5) is 0 Å². The van der Waals surface area contributed by atoms with Crippen molar-refractivity contribution in [1.29, 1.82) is 5.26 Å². The van der Waals surface area contributed by atoms with Crippen LogP contribution in [-0.2, 0) is 6.42 Å². The van der Waals surface area contributed by atoms with Crippen LogP contribution in [0.5, 0.6) is 0 Å². The second-order valence-electron chi connectivity index (χ2n) is 5.18. The van der Waals surface area contributed by atoms with Crippen LogP contribution in [0.15, 0.2) is 42.5 Å². The smallest absolute Gasteiger partial charge is 0.175 e. The van der Waals surface area contributed by atoms with Gasteiger partial charge >= 0.3 is 0 Å². The van der Waals surface area contributed by atoms with Gasteiger partial charge in [0.15, 0.2) is 4.77 Å². The largest absolute Gasteiger partial charge is 0.331 e. The highest BCUT2D eigenvalue weighted by molar-refractivity contribution is 7.71. The first-order valence-electron chi connectivity index (χ1n) is 6.85. The van der Waals surface area contributed by atoms with E-state index in [1.807, 2.05) is 12.1 Å². The molecule has 0 saturated carbocycles. The summed E-state index contributed by atoms with van der Waals surface area (Å²) in [5.41, 5.74) is 3.61. The third kappa shape index (κ3) is 2.23. The summed E-state index contributed by atoms with van der Waals surface area (Å²) in [6.45, 7) is 0. The summed E-state index contributed by atoms with van der Waals surface area (Å²) >= 11 is 6.97. The van der Waals surface area contributed by atoms with Gasteiger partial charge in [0, 0.05) is 16.0 Å². The third-order valence-corrected chi connectivity index (χ3v) is 5.00. The van der Waals surface area contributed by atoms with Crippen LogP contribution in [0.3, 0.4) is 0 Å². The lowest BCUT2D eigenvalue weighted by atomic mass is 10.1. The summed E-state index contributed by atoms with van der Waals surface area (Å²) in [4.78, 5) is 7.56. The van der Waals surface area contributed by atoms with E-state index in [2.05, 4.69) is 46.4 Å². The van der Waals surface area contributed by atoms with Crippen LogP contribution in [0, 0.1) is 16.1 Å². The zero-order chi connectivity index (χ0) is 15.1. The minimum Gasteiger partial charge on any atom is -0.331 e. The van der Waals surface area contributed by atoms with Gasteiger partial charge < -0.3 is 9.97 Å². The molecule has 0 radical (unpaired) electrons. The van der Waals surface area contributed by atoms with Crippen LogP contribution < -0.4 is 0 Å². The van der Waals surface area contributed by atoms with E-state index in [-0.39, 0.29) is 0 Å². The van der Waals surface area contributed by atoms with Crippen molar-refractivity contribution < 1.29 is 0 Å². The molecule has 4 aromatic rings. The van der Waals surface area contributed by atoms with Gasteiger partial charge in [-0.2, -0.15) is 5.26 Å². The zero-order valence-electron chi connectivity index (χ0n) is 11.5. The van der Waals surface area contributed by atoms with Crippen molar-refractivity contribution in [3.05, 3.63) is 63.2 Å². The summed E-state index contributed by atoms with van der Waals surface area (Å²) < 4.78 is 1.87. The highest BCUT2D eigenvalue weighted by Gasteiger charge is 2.09. The van der Waals surface area contributed by atoms with Crippen LogP contribution in [0.25, 0.3) is 21.1 Å². The average molecular weight is 321 g/mol. The number of imidazole rings is 1. The fourth-order valence-corrected chi connectivity index (χ4v) is 4.03. The van der Waals surface area contributed by atoms with E-state index in [4.69, 9.17) is 12.2 Å². The number of nitrogens with zero attached hydrogens (tertiary/aromatic N) is 1. The number of nitrogens with one attached hydrogen (secondary N) is 2. The van der Waals surface area contributed by atoms with Gasteiger partial charge in [-0.15, -0.1) is 11.3 Å². The predicted octanol–water partition coefficient (Wildman–Crippen LogP) is 4.90. The Labute approximate surface area is 135 Å². The molecule has 0 aliphatic carbocycles. The fourth-order valence-electron chi connectivity index (χ4n) is 2.73. The highest BCUT2D eigenvalue weighted by atomic mass is 32.1. The molecule has 0 atom stereocenters. The molecule has 0 saturated heterocycles. The second kappa shape index (κ2) is 5.09. The molecule has 0 amide bonds. The first kappa shape index (κ1) is 13.3. The van der Waals surface area contributed by atoms with Gasteiger partial charge in [0.25, 0.3) is 0 Å². The lowest BCUT2D eigenvalue weighted by Crippen LogP contribution is -1.89. The first-order chi connectivity index (χ1) is 10.7. The maximum absolute atomic E-state index is 9.21. The summed E-state index contributed by atoms with van der Waals surface area (Å²) in [5.74, 6) is 0. The molecule has 2 heterocycles. The van der Waals surface area contributed by atoms with Gasteiger partial charge in [-0.3, -0.25) is 0 Å². The number of nitriles is 1. The van der Waals surface area contributed by atoms with E-state index in [0.29, 0.717) is 10.3 Å². The number of aromatic nitrogens is 2. The zero-order valence-corrected chi connectivity index (χ0v) is 13.1. The molecule has 0 bridgehead atoms. The molecule has 22 heavy (non-hydrogen) atoms. The second-order valence-corrected chi connectivity index (χ2v) is 6.75. The Morgan fingerprint density at radius 1 is 1.14 bits per heavy atom. The molecule has 0 unspecified atom stereocenters. The van der Waals surface area contributed by atoms with Crippen molar-refractivity contribution in [3.63, 3.8) is 0 Å². The number of thiophene rings is 1. The molecule has 0 aliphatic rings. The lowest BCUT2D eigenvalue weighted by molar-refractivity contribution is 1.24. The van der Waals surface area contributed by atoms with E-state index >= 15 is 0 Å². The van der Waals surface area contributed by atoms with Gasteiger partial charge in [-0.1, -0.05) is 18.2 Å². The predicted molar refractivity (Wildman–Crippen MR) is 92.8 cm³/mol. The van der Waals surface area contributed by atoms with Crippen molar-refractivity contribution in [1.82, 2.24) is 9.97 Å². The maximum Gasteiger partial charge on any atom is 0.175 e.